The van der Waals surface area contributed by atoms with Crippen molar-refractivity contribution in [2.75, 3.05) is 0 Å². The Morgan fingerprint density at radius 2 is 2.00 bits per heavy atom. The summed E-state index contributed by atoms with van der Waals surface area (Å²) in [5.74, 6) is -0.235. The van der Waals surface area contributed by atoms with Gasteiger partial charge in [0.2, 0.25) is 0 Å². The molecule has 0 atom stereocenters. The molecule has 0 aliphatic heterocycles. The van der Waals surface area contributed by atoms with E-state index >= 15 is 0 Å². The van der Waals surface area contributed by atoms with Crippen LogP contribution >= 0.6 is 15.9 Å². The van der Waals surface area contributed by atoms with E-state index < -0.39 is 0 Å². The largest absolute Gasteiger partial charge is 0.243 e. The fraction of sp³-hybridized carbons (Fsp3) is 0.214. The lowest BCUT2D eigenvalue weighted by molar-refractivity contribution is 0.596. The van der Waals surface area contributed by atoms with Gasteiger partial charge in [-0.2, -0.15) is 0 Å². The third-order valence-electron chi connectivity index (χ3n) is 2.62. The Morgan fingerprint density at radius 1 is 1.18 bits per heavy atom. The van der Waals surface area contributed by atoms with E-state index in [2.05, 4.69) is 46.0 Å². The van der Waals surface area contributed by atoms with E-state index in [-0.39, 0.29) is 5.82 Å². The highest BCUT2D eigenvalue weighted by molar-refractivity contribution is 9.10. The number of aromatic nitrogens is 1. The molecule has 0 saturated heterocycles. The third-order valence-corrected chi connectivity index (χ3v) is 3.06. The first kappa shape index (κ1) is 12.2. The minimum atomic E-state index is -0.235. The lowest BCUT2D eigenvalue weighted by atomic mass is 10.1. The second-order valence-electron chi connectivity index (χ2n) is 4.05. The summed E-state index contributed by atoms with van der Waals surface area (Å²) in [4.78, 5) is 4.15. The van der Waals surface area contributed by atoms with E-state index in [1.54, 1.807) is 6.07 Å². The van der Waals surface area contributed by atoms with E-state index in [4.69, 9.17) is 0 Å². The standard InChI is InChI=1S/C14H13BrFN/c1-10-3-2-4-11(9-10)5-7-13-12(16)6-8-14(15)17-13/h2-4,6,8-9H,5,7H2,1H3. The highest BCUT2D eigenvalue weighted by Gasteiger charge is 2.05. The van der Waals surface area contributed by atoms with Crippen LogP contribution < -0.4 is 0 Å². The Kier molecular flexibility index (Phi) is 3.89. The summed E-state index contributed by atoms with van der Waals surface area (Å²) in [6, 6.07) is 11.3. The lowest BCUT2D eigenvalue weighted by Crippen LogP contribution is -1.98. The van der Waals surface area contributed by atoms with Crippen LogP contribution in [0.25, 0.3) is 0 Å². The summed E-state index contributed by atoms with van der Waals surface area (Å²) in [5, 5.41) is 0. The van der Waals surface area contributed by atoms with Gasteiger partial charge in [-0.3, -0.25) is 0 Å². The number of rotatable bonds is 3. The molecule has 0 saturated carbocycles. The average Bonchev–Trinajstić information content (AvgIpc) is 2.30. The van der Waals surface area contributed by atoms with Crippen LogP contribution in [0.5, 0.6) is 0 Å². The predicted octanol–water partition coefficient (Wildman–Crippen LogP) is 4.08. The monoisotopic (exact) mass is 293 g/mol. The molecule has 1 aromatic heterocycles. The van der Waals surface area contributed by atoms with Crippen LogP contribution in [0.1, 0.15) is 16.8 Å². The normalized spacial score (nSPS) is 10.5. The summed E-state index contributed by atoms with van der Waals surface area (Å²) < 4.78 is 14.1. The Morgan fingerprint density at radius 3 is 2.76 bits per heavy atom. The molecule has 0 N–H and O–H groups in total. The molecule has 0 aliphatic carbocycles. The SMILES string of the molecule is Cc1cccc(CCc2nc(Br)ccc2F)c1. The fourth-order valence-electron chi connectivity index (χ4n) is 1.76. The van der Waals surface area contributed by atoms with E-state index in [0.717, 1.165) is 6.42 Å². The molecule has 1 aromatic carbocycles. The zero-order valence-electron chi connectivity index (χ0n) is 9.58. The van der Waals surface area contributed by atoms with Gasteiger partial charge < -0.3 is 0 Å². The number of halogens is 2. The molecule has 0 bridgehead atoms. The van der Waals surface area contributed by atoms with Crippen molar-refractivity contribution in [3.63, 3.8) is 0 Å². The topological polar surface area (TPSA) is 12.9 Å². The predicted molar refractivity (Wildman–Crippen MR) is 70.5 cm³/mol. The summed E-state index contributed by atoms with van der Waals surface area (Å²) >= 11 is 3.26. The van der Waals surface area contributed by atoms with Gasteiger partial charge in [0.05, 0.1) is 5.69 Å². The number of aryl methyl sites for hydroxylation is 3. The molecule has 1 heterocycles. The van der Waals surface area contributed by atoms with Crippen LogP contribution in [0.4, 0.5) is 4.39 Å². The lowest BCUT2D eigenvalue weighted by Gasteiger charge is -2.04. The van der Waals surface area contributed by atoms with Gasteiger partial charge in [0.1, 0.15) is 10.4 Å². The molecule has 1 nitrogen and oxygen atoms in total. The first-order valence-corrected chi connectivity index (χ1v) is 6.31. The molecule has 2 rings (SSSR count). The van der Waals surface area contributed by atoms with Crippen LogP contribution in [0, 0.1) is 12.7 Å². The van der Waals surface area contributed by atoms with Crippen molar-refractivity contribution < 1.29 is 4.39 Å². The van der Waals surface area contributed by atoms with Gasteiger partial charge in [0.15, 0.2) is 0 Å². The maximum atomic E-state index is 13.5. The van der Waals surface area contributed by atoms with Crippen LogP contribution in [0.3, 0.4) is 0 Å². The van der Waals surface area contributed by atoms with Crippen molar-refractivity contribution in [1.82, 2.24) is 4.98 Å². The second-order valence-corrected chi connectivity index (χ2v) is 4.86. The zero-order chi connectivity index (χ0) is 12.3. The highest BCUT2D eigenvalue weighted by atomic mass is 79.9. The third kappa shape index (κ3) is 3.37. The molecular weight excluding hydrogens is 281 g/mol. The molecule has 0 amide bonds. The Bertz CT molecular complexity index is 525. The molecule has 0 aliphatic rings. The highest BCUT2D eigenvalue weighted by Crippen LogP contribution is 2.14. The first-order chi connectivity index (χ1) is 8.15. The summed E-state index contributed by atoms with van der Waals surface area (Å²) in [5.41, 5.74) is 2.96. The fourth-order valence-corrected chi connectivity index (χ4v) is 2.11. The van der Waals surface area contributed by atoms with Crippen LogP contribution in [0.2, 0.25) is 0 Å². The van der Waals surface area contributed by atoms with E-state index in [9.17, 15) is 4.39 Å². The number of hydrogen-bond acceptors (Lipinski definition) is 1. The molecule has 0 radical (unpaired) electrons. The number of pyridine rings is 1. The van der Waals surface area contributed by atoms with Crippen molar-refractivity contribution in [1.29, 1.82) is 0 Å². The van der Waals surface area contributed by atoms with Gasteiger partial charge in [-0.1, -0.05) is 29.8 Å². The Balaban J connectivity index is 2.09. The van der Waals surface area contributed by atoms with Gasteiger partial charge >= 0.3 is 0 Å². The van der Waals surface area contributed by atoms with Gasteiger partial charge in [0, 0.05) is 0 Å². The molecule has 17 heavy (non-hydrogen) atoms. The van der Waals surface area contributed by atoms with Gasteiger partial charge in [-0.05, 0) is 53.4 Å². The van der Waals surface area contributed by atoms with E-state index in [0.29, 0.717) is 16.7 Å². The first-order valence-electron chi connectivity index (χ1n) is 5.51. The molecule has 88 valence electrons. The maximum Gasteiger partial charge on any atom is 0.144 e. The van der Waals surface area contributed by atoms with Crippen molar-refractivity contribution in [2.24, 2.45) is 0 Å². The van der Waals surface area contributed by atoms with Gasteiger partial charge in [0.25, 0.3) is 0 Å². The van der Waals surface area contributed by atoms with Crippen molar-refractivity contribution in [2.45, 2.75) is 19.8 Å². The minimum Gasteiger partial charge on any atom is -0.243 e. The molecule has 0 unspecified atom stereocenters. The molecule has 2 aromatic rings. The summed E-state index contributed by atoms with van der Waals surface area (Å²) in [7, 11) is 0. The van der Waals surface area contributed by atoms with Gasteiger partial charge in [-0.25, -0.2) is 9.37 Å². The van der Waals surface area contributed by atoms with Crippen molar-refractivity contribution in [3.8, 4) is 0 Å². The quantitative estimate of drug-likeness (QED) is 0.777. The second kappa shape index (κ2) is 5.41. The Labute approximate surface area is 109 Å². The smallest absolute Gasteiger partial charge is 0.144 e. The maximum absolute atomic E-state index is 13.5. The number of hydrogen-bond donors (Lipinski definition) is 0. The van der Waals surface area contributed by atoms with E-state index in [1.807, 2.05) is 6.07 Å². The Hall–Kier alpha value is -1.22. The van der Waals surface area contributed by atoms with Crippen LogP contribution in [0.15, 0.2) is 41.0 Å². The molecule has 0 fully saturated rings. The minimum absolute atomic E-state index is 0.235. The van der Waals surface area contributed by atoms with Crippen molar-refractivity contribution >= 4 is 15.9 Å². The van der Waals surface area contributed by atoms with Gasteiger partial charge in [-0.15, -0.1) is 0 Å². The summed E-state index contributed by atoms with van der Waals surface area (Å²) in [6.07, 6.45) is 1.43. The average molecular weight is 294 g/mol. The molecule has 0 spiro atoms. The summed E-state index contributed by atoms with van der Waals surface area (Å²) in [6.45, 7) is 2.06. The number of nitrogens with zero attached hydrogens (tertiary/aromatic N) is 1. The molecule has 3 heteroatoms. The zero-order valence-corrected chi connectivity index (χ0v) is 11.2. The van der Waals surface area contributed by atoms with Crippen LogP contribution in [-0.2, 0) is 12.8 Å². The van der Waals surface area contributed by atoms with Crippen LogP contribution in [-0.4, -0.2) is 4.98 Å². The number of benzene rings is 1. The van der Waals surface area contributed by atoms with Crippen molar-refractivity contribution in [3.05, 3.63) is 63.6 Å². The molecular formula is C14H13BrFN. The van der Waals surface area contributed by atoms with E-state index in [1.165, 1.54) is 17.2 Å².